The first-order chi connectivity index (χ1) is 10.5. The Morgan fingerprint density at radius 2 is 1.59 bits per heavy atom. The second kappa shape index (κ2) is 7.12. The van der Waals surface area contributed by atoms with E-state index in [1.807, 2.05) is 42.5 Å². The number of carboxylic acids is 1. The summed E-state index contributed by atoms with van der Waals surface area (Å²) in [6.45, 7) is 4.01. The molecule has 0 radical (unpaired) electrons. The molecule has 22 heavy (non-hydrogen) atoms. The molecule has 0 aliphatic rings. The van der Waals surface area contributed by atoms with E-state index in [9.17, 15) is 4.79 Å². The summed E-state index contributed by atoms with van der Waals surface area (Å²) in [7, 11) is 0. The molecule has 0 fully saturated rings. The molecular formula is C19H22O3. The topological polar surface area (TPSA) is 46.5 Å². The fourth-order valence-corrected chi connectivity index (χ4v) is 2.19. The van der Waals surface area contributed by atoms with Gasteiger partial charge in [0.25, 0.3) is 0 Å². The molecule has 2 rings (SSSR count). The molecule has 0 aliphatic heterocycles. The van der Waals surface area contributed by atoms with Gasteiger partial charge in [0, 0.05) is 0 Å². The number of benzene rings is 2. The average molecular weight is 298 g/mol. The number of aliphatic carboxylic acids is 1. The van der Waals surface area contributed by atoms with E-state index < -0.39 is 11.4 Å². The molecule has 1 N–H and O–H groups in total. The van der Waals surface area contributed by atoms with Crippen molar-refractivity contribution >= 4 is 5.97 Å². The van der Waals surface area contributed by atoms with Crippen molar-refractivity contribution in [3.05, 3.63) is 54.6 Å². The van der Waals surface area contributed by atoms with Crippen LogP contribution in [0.15, 0.2) is 54.6 Å². The Bertz CT molecular complexity index is 600. The molecule has 0 saturated carbocycles. The second-order valence-corrected chi connectivity index (χ2v) is 6.03. The van der Waals surface area contributed by atoms with Crippen molar-refractivity contribution in [2.75, 3.05) is 6.61 Å². The minimum atomic E-state index is -0.764. The predicted octanol–water partition coefficient (Wildman–Crippen LogP) is 4.62. The summed E-state index contributed by atoms with van der Waals surface area (Å²) >= 11 is 0. The molecule has 0 unspecified atom stereocenters. The van der Waals surface area contributed by atoms with Crippen molar-refractivity contribution in [2.24, 2.45) is 5.41 Å². The summed E-state index contributed by atoms with van der Waals surface area (Å²) in [5.74, 6) is 0.0486. The highest BCUT2D eigenvalue weighted by molar-refractivity contribution is 5.73. The molecular weight excluding hydrogens is 276 g/mol. The van der Waals surface area contributed by atoms with Crippen LogP contribution in [0.4, 0.5) is 0 Å². The normalized spacial score (nSPS) is 11.2. The van der Waals surface area contributed by atoms with Crippen LogP contribution in [-0.4, -0.2) is 17.7 Å². The van der Waals surface area contributed by atoms with Gasteiger partial charge in [-0.3, -0.25) is 4.79 Å². The zero-order chi connectivity index (χ0) is 16.0. The lowest BCUT2D eigenvalue weighted by Gasteiger charge is -2.18. The van der Waals surface area contributed by atoms with Crippen LogP contribution < -0.4 is 4.74 Å². The summed E-state index contributed by atoms with van der Waals surface area (Å²) in [4.78, 5) is 11.0. The first-order valence-corrected chi connectivity index (χ1v) is 7.51. The van der Waals surface area contributed by atoms with Gasteiger partial charge in [-0.1, -0.05) is 42.5 Å². The van der Waals surface area contributed by atoms with Crippen molar-refractivity contribution in [1.82, 2.24) is 0 Å². The van der Waals surface area contributed by atoms with E-state index in [-0.39, 0.29) is 0 Å². The Hall–Kier alpha value is -2.29. The van der Waals surface area contributed by atoms with Crippen LogP contribution in [0.3, 0.4) is 0 Å². The number of rotatable bonds is 7. The quantitative estimate of drug-likeness (QED) is 0.758. The third-order valence-electron chi connectivity index (χ3n) is 3.76. The van der Waals surface area contributed by atoms with Gasteiger partial charge in [0.05, 0.1) is 12.0 Å². The number of ether oxygens (including phenoxy) is 1. The minimum Gasteiger partial charge on any atom is -0.494 e. The lowest BCUT2D eigenvalue weighted by molar-refractivity contribution is -0.147. The fourth-order valence-electron chi connectivity index (χ4n) is 2.19. The lowest BCUT2D eigenvalue weighted by Crippen LogP contribution is -2.24. The molecule has 0 spiro atoms. The predicted molar refractivity (Wildman–Crippen MR) is 88.0 cm³/mol. The molecule has 3 nitrogen and oxygen atoms in total. The molecule has 0 aliphatic carbocycles. The summed E-state index contributed by atoms with van der Waals surface area (Å²) in [5, 5.41) is 9.06. The zero-order valence-corrected chi connectivity index (χ0v) is 13.1. The van der Waals surface area contributed by atoms with E-state index >= 15 is 0 Å². The highest BCUT2D eigenvalue weighted by atomic mass is 16.5. The van der Waals surface area contributed by atoms with Crippen molar-refractivity contribution in [1.29, 1.82) is 0 Å². The number of hydrogen-bond donors (Lipinski definition) is 1. The summed E-state index contributed by atoms with van der Waals surface area (Å²) in [6.07, 6.45) is 1.32. The van der Waals surface area contributed by atoms with Crippen LogP contribution in [0.5, 0.6) is 5.75 Å². The Labute approximate surface area is 131 Å². The molecule has 0 atom stereocenters. The van der Waals surface area contributed by atoms with Crippen molar-refractivity contribution in [2.45, 2.75) is 26.7 Å². The monoisotopic (exact) mass is 298 g/mol. The smallest absolute Gasteiger partial charge is 0.309 e. The highest BCUT2D eigenvalue weighted by Gasteiger charge is 2.26. The zero-order valence-electron chi connectivity index (χ0n) is 13.1. The van der Waals surface area contributed by atoms with Crippen molar-refractivity contribution in [3.63, 3.8) is 0 Å². The van der Waals surface area contributed by atoms with Crippen molar-refractivity contribution in [3.8, 4) is 16.9 Å². The van der Waals surface area contributed by atoms with E-state index in [1.54, 1.807) is 13.8 Å². The maximum Gasteiger partial charge on any atom is 0.309 e. The number of hydrogen-bond acceptors (Lipinski definition) is 2. The van der Waals surface area contributed by atoms with Gasteiger partial charge in [-0.2, -0.15) is 0 Å². The lowest BCUT2D eigenvalue weighted by atomic mass is 9.88. The van der Waals surface area contributed by atoms with Crippen LogP contribution in [0.25, 0.3) is 11.1 Å². The van der Waals surface area contributed by atoms with Gasteiger partial charge in [-0.05, 0) is 49.9 Å². The third-order valence-corrected chi connectivity index (χ3v) is 3.76. The van der Waals surface area contributed by atoms with E-state index in [4.69, 9.17) is 9.84 Å². The van der Waals surface area contributed by atoms with Gasteiger partial charge >= 0.3 is 5.97 Å². The van der Waals surface area contributed by atoms with Crippen LogP contribution in [-0.2, 0) is 4.79 Å². The molecule has 3 heteroatoms. The highest BCUT2D eigenvalue weighted by Crippen LogP contribution is 2.24. The standard InChI is InChI=1S/C19H22O3/c1-19(2,18(20)21)13-6-14-22-17-11-9-16(10-12-17)15-7-4-3-5-8-15/h3-5,7-12H,6,13-14H2,1-2H3,(H,20,21). The molecule has 0 amide bonds. The van der Waals surface area contributed by atoms with Crippen LogP contribution in [0, 0.1) is 5.41 Å². The SMILES string of the molecule is CC(C)(CCCOc1ccc(-c2ccccc2)cc1)C(=O)O. The maximum absolute atomic E-state index is 11.0. The van der Waals surface area contributed by atoms with Gasteiger partial charge in [-0.15, -0.1) is 0 Å². The van der Waals surface area contributed by atoms with Gasteiger partial charge in [0.15, 0.2) is 0 Å². The largest absolute Gasteiger partial charge is 0.494 e. The first kappa shape index (κ1) is 16.1. The summed E-state index contributed by atoms with van der Waals surface area (Å²) < 4.78 is 5.68. The summed E-state index contributed by atoms with van der Waals surface area (Å²) in [6, 6.07) is 18.1. The Morgan fingerprint density at radius 3 is 2.18 bits per heavy atom. The molecule has 2 aromatic rings. The molecule has 0 heterocycles. The Morgan fingerprint density at radius 1 is 1.00 bits per heavy atom. The van der Waals surface area contributed by atoms with Gasteiger partial charge in [-0.25, -0.2) is 0 Å². The Balaban J connectivity index is 1.84. The van der Waals surface area contributed by atoms with Crippen LogP contribution >= 0.6 is 0 Å². The second-order valence-electron chi connectivity index (χ2n) is 6.03. The molecule has 0 aromatic heterocycles. The van der Waals surface area contributed by atoms with Gasteiger partial charge < -0.3 is 9.84 Å². The van der Waals surface area contributed by atoms with E-state index in [0.717, 1.165) is 17.7 Å². The van der Waals surface area contributed by atoms with Gasteiger partial charge in [0.2, 0.25) is 0 Å². The van der Waals surface area contributed by atoms with Crippen molar-refractivity contribution < 1.29 is 14.6 Å². The maximum atomic E-state index is 11.0. The van der Waals surface area contributed by atoms with E-state index in [2.05, 4.69) is 12.1 Å². The molecule has 0 saturated heterocycles. The minimum absolute atomic E-state index is 0.529. The van der Waals surface area contributed by atoms with Gasteiger partial charge in [0.1, 0.15) is 5.75 Å². The average Bonchev–Trinajstić information content (AvgIpc) is 2.53. The molecule has 0 bridgehead atoms. The fraction of sp³-hybridized carbons (Fsp3) is 0.316. The van der Waals surface area contributed by atoms with Crippen LogP contribution in [0.2, 0.25) is 0 Å². The number of carbonyl (C=O) groups is 1. The third kappa shape index (κ3) is 4.35. The van der Waals surface area contributed by atoms with Crippen LogP contribution in [0.1, 0.15) is 26.7 Å². The summed E-state index contributed by atoms with van der Waals surface area (Å²) in [5.41, 5.74) is 1.64. The number of carboxylic acid groups (broad SMARTS) is 1. The molecule has 2 aromatic carbocycles. The molecule has 116 valence electrons. The Kier molecular flexibility index (Phi) is 5.21. The first-order valence-electron chi connectivity index (χ1n) is 7.51. The van der Waals surface area contributed by atoms with E-state index in [1.165, 1.54) is 5.56 Å². The van der Waals surface area contributed by atoms with E-state index in [0.29, 0.717) is 13.0 Å².